The van der Waals surface area contributed by atoms with Crippen LogP contribution in [0.5, 0.6) is 0 Å². The second kappa shape index (κ2) is 8.77. The van der Waals surface area contributed by atoms with Gasteiger partial charge in [-0.05, 0) is 40.2 Å². The van der Waals surface area contributed by atoms with Crippen LogP contribution >= 0.6 is 27.5 Å². The van der Waals surface area contributed by atoms with Gasteiger partial charge in [0.25, 0.3) is 11.8 Å². The molecule has 0 saturated carbocycles. The van der Waals surface area contributed by atoms with Crippen molar-refractivity contribution in [2.75, 3.05) is 25.6 Å². The van der Waals surface area contributed by atoms with Gasteiger partial charge in [-0.3, -0.25) is 9.59 Å². The van der Waals surface area contributed by atoms with Crippen LogP contribution in [-0.4, -0.2) is 36.6 Å². The van der Waals surface area contributed by atoms with Crippen molar-refractivity contribution in [3.63, 3.8) is 0 Å². The smallest absolute Gasteiger partial charge is 0.273 e. The Morgan fingerprint density at radius 2 is 1.93 bits per heavy atom. The maximum atomic E-state index is 12.8. The number of rotatable bonds is 6. The van der Waals surface area contributed by atoms with Crippen molar-refractivity contribution >= 4 is 55.9 Å². The van der Waals surface area contributed by atoms with E-state index >= 15 is 0 Å². The number of para-hydroxylation sites is 1. The summed E-state index contributed by atoms with van der Waals surface area (Å²) in [7, 11) is 3.40. The van der Waals surface area contributed by atoms with Crippen molar-refractivity contribution in [2.24, 2.45) is 7.05 Å². The third kappa shape index (κ3) is 4.06. The maximum Gasteiger partial charge on any atom is 0.273 e. The molecule has 2 aromatic carbocycles. The Hall–Kier alpha value is -2.35. The number of fused-ring (bicyclic) bond motifs is 1. The van der Waals surface area contributed by atoms with Crippen molar-refractivity contribution in [1.82, 2.24) is 9.88 Å². The van der Waals surface area contributed by atoms with Gasteiger partial charge in [-0.25, -0.2) is 0 Å². The van der Waals surface area contributed by atoms with E-state index in [0.29, 0.717) is 30.1 Å². The predicted molar refractivity (Wildman–Crippen MR) is 114 cm³/mol. The molecule has 8 heteroatoms. The number of aromatic nitrogens is 1. The van der Waals surface area contributed by atoms with Crippen molar-refractivity contribution in [1.29, 1.82) is 0 Å². The standard InChI is InChI=1S/C20H19BrClN3O3/c1-25-16-6-4-3-5-14(16)17(21)18(25)20(27)24-12-7-8-13(15(22)11-12)19(26)23-9-10-28-2/h3-8,11H,9-10H2,1-2H3,(H,23,26)(H,24,27). The molecule has 0 atom stereocenters. The summed E-state index contributed by atoms with van der Waals surface area (Å²) in [4.78, 5) is 25.0. The lowest BCUT2D eigenvalue weighted by Crippen LogP contribution is -2.27. The molecule has 0 saturated heterocycles. The number of methoxy groups -OCH3 is 1. The minimum absolute atomic E-state index is 0.254. The summed E-state index contributed by atoms with van der Waals surface area (Å²) in [5, 5.41) is 6.75. The third-order valence-corrected chi connectivity index (χ3v) is 5.44. The third-order valence-electron chi connectivity index (χ3n) is 4.32. The number of nitrogens with zero attached hydrogens (tertiary/aromatic N) is 1. The van der Waals surface area contributed by atoms with Crippen LogP contribution < -0.4 is 10.6 Å². The lowest BCUT2D eigenvalue weighted by molar-refractivity contribution is 0.0936. The zero-order valence-corrected chi connectivity index (χ0v) is 17.7. The van der Waals surface area contributed by atoms with Gasteiger partial charge in [-0.1, -0.05) is 29.8 Å². The number of hydrogen-bond donors (Lipinski definition) is 2. The van der Waals surface area contributed by atoms with Crippen molar-refractivity contribution in [3.8, 4) is 0 Å². The molecular weight excluding hydrogens is 446 g/mol. The Bertz CT molecular complexity index is 1010. The van der Waals surface area contributed by atoms with Gasteiger partial charge in [0, 0.05) is 37.3 Å². The molecule has 146 valence electrons. The largest absolute Gasteiger partial charge is 0.383 e. The Balaban J connectivity index is 1.80. The number of carbonyl (C=O) groups is 2. The Morgan fingerprint density at radius 1 is 1.18 bits per heavy atom. The minimum atomic E-state index is -0.295. The van der Waals surface area contributed by atoms with Crippen molar-refractivity contribution < 1.29 is 14.3 Å². The van der Waals surface area contributed by atoms with Crippen LogP contribution in [0.4, 0.5) is 5.69 Å². The van der Waals surface area contributed by atoms with Crippen LogP contribution in [0.25, 0.3) is 10.9 Å². The summed E-state index contributed by atoms with van der Waals surface area (Å²) in [6.07, 6.45) is 0. The minimum Gasteiger partial charge on any atom is -0.383 e. The summed E-state index contributed by atoms with van der Waals surface area (Å²) in [6.45, 7) is 0.802. The molecule has 3 aromatic rings. The van der Waals surface area contributed by atoms with Crippen LogP contribution in [0.15, 0.2) is 46.9 Å². The van der Waals surface area contributed by atoms with E-state index in [2.05, 4.69) is 26.6 Å². The molecule has 28 heavy (non-hydrogen) atoms. The fourth-order valence-electron chi connectivity index (χ4n) is 2.93. The highest BCUT2D eigenvalue weighted by Gasteiger charge is 2.20. The fraction of sp³-hybridized carbons (Fsp3) is 0.200. The summed E-state index contributed by atoms with van der Waals surface area (Å²) in [5.41, 5.74) is 2.28. The number of benzene rings is 2. The molecule has 0 unspecified atom stereocenters. The lowest BCUT2D eigenvalue weighted by atomic mass is 10.2. The molecule has 0 aliphatic rings. The molecule has 2 N–H and O–H groups in total. The maximum absolute atomic E-state index is 12.8. The van der Waals surface area contributed by atoms with E-state index < -0.39 is 0 Å². The first-order valence-electron chi connectivity index (χ1n) is 8.55. The fourth-order valence-corrected chi connectivity index (χ4v) is 3.98. The number of aryl methyl sites for hydroxylation is 1. The van der Waals surface area contributed by atoms with E-state index in [9.17, 15) is 9.59 Å². The van der Waals surface area contributed by atoms with Gasteiger partial charge in [-0.2, -0.15) is 0 Å². The molecule has 0 radical (unpaired) electrons. The average molecular weight is 465 g/mol. The molecule has 0 aliphatic carbocycles. The summed E-state index contributed by atoms with van der Waals surface area (Å²) >= 11 is 9.76. The van der Waals surface area contributed by atoms with Crippen LogP contribution in [-0.2, 0) is 11.8 Å². The summed E-state index contributed by atoms with van der Waals surface area (Å²) in [6, 6.07) is 12.5. The van der Waals surface area contributed by atoms with Crippen LogP contribution in [0.2, 0.25) is 5.02 Å². The molecule has 1 aromatic heterocycles. The highest BCUT2D eigenvalue weighted by atomic mass is 79.9. The van der Waals surface area contributed by atoms with E-state index in [4.69, 9.17) is 16.3 Å². The van der Waals surface area contributed by atoms with Gasteiger partial charge in [0.15, 0.2) is 0 Å². The molecule has 2 amide bonds. The number of hydrogen-bond acceptors (Lipinski definition) is 3. The monoisotopic (exact) mass is 463 g/mol. The molecule has 0 bridgehead atoms. The van der Waals surface area contributed by atoms with Gasteiger partial charge < -0.3 is 19.9 Å². The number of nitrogens with one attached hydrogen (secondary N) is 2. The highest BCUT2D eigenvalue weighted by Crippen LogP contribution is 2.31. The first-order chi connectivity index (χ1) is 13.4. The highest BCUT2D eigenvalue weighted by molar-refractivity contribution is 9.10. The lowest BCUT2D eigenvalue weighted by Gasteiger charge is -2.10. The number of carbonyl (C=O) groups excluding carboxylic acids is 2. The predicted octanol–water partition coefficient (Wildman–Crippen LogP) is 4.22. The topological polar surface area (TPSA) is 72.4 Å². The van der Waals surface area contributed by atoms with E-state index in [-0.39, 0.29) is 16.8 Å². The zero-order chi connectivity index (χ0) is 20.3. The number of amides is 2. The van der Waals surface area contributed by atoms with Crippen molar-refractivity contribution in [2.45, 2.75) is 0 Å². The van der Waals surface area contributed by atoms with Crippen LogP contribution in [0.1, 0.15) is 20.8 Å². The average Bonchev–Trinajstić information content (AvgIpc) is 2.93. The second-order valence-electron chi connectivity index (χ2n) is 6.14. The van der Waals surface area contributed by atoms with E-state index in [0.717, 1.165) is 15.4 Å². The molecule has 0 fully saturated rings. The molecular formula is C20H19BrClN3O3. The molecule has 1 heterocycles. The van der Waals surface area contributed by atoms with Crippen LogP contribution in [0.3, 0.4) is 0 Å². The van der Waals surface area contributed by atoms with Gasteiger partial charge in [-0.15, -0.1) is 0 Å². The SMILES string of the molecule is COCCNC(=O)c1ccc(NC(=O)c2c(Br)c3ccccc3n2C)cc1Cl. The van der Waals surface area contributed by atoms with E-state index in [1.807, 2.05) is 35.9 Å². The van der Waals surface area contributed by atoms with Crippen LogP contribution in [0, 0.1) is 0 Å². The number of anilines is 1. The van der Waals surface area contributed by atoms with Gasteiger partial charge in [0.1, 0.15) is 5.69 Å². The molecule has 6 nitrogen and oxygen atoms in total. The summed E-state index contributed by atoms with van der Waals surface area (Å²) < 4.78 is 7.46. The van der Waals surface area contributed by atoms with E-state index in [1.54, 1.807) is 25.3 Å². The Morgan fingerprint density at radius 3 is 2.61 bits per heavy atom. The number of ether oxygens (including phenoxy) is 1. The normalized spacial score (nSPS) is 10.9. The molecule has 0 aliphatic heterocycles. The second-order valence-corrected chi connectivity index (χ2v) is 7.34. The van der Waals surface area contributed by atoms with Crippen molar-refractivity contribution in [3.05, 3.63) is 63.2 Å². The van der Waals surface area contributed by atoms with Gasteiger partial charge in [0.2, 0.25) is 0 Å². The first kappa shape index (κ1) is 20.4. The molecule has 3 rings (SSSR count). The number of halogens is 2. The summed E-state index contributed by atoms with van der Waals surface area (Å²) in [5.74, 6) is -0.574. The quantitative estimate of drug-likeness (QED) is 0.537. The first-order valence-corrected chi connectivity index (χ1v) is 9.72. The van der Waals surface area contributed by atoms with E-state index in [1.165, 1.54) is 0 Å². The Kier molecular flexibility index (Phi) is 6.39. The van der Waals surface area contributed by atoms with Gasteiger partial charge >= 0.3 is 0 Å². The van der Waals surface area contributed by atoms with Gasteiger partial charge in [0.05, 0.1) is 21.7 Å². The molecule has 0 spiro atoms. The zero-order valence-electron chi connectivity index (χ0n) is 15.4. The Labute approximate surface area is 175 Å².